The summed E-state index contributed by atoms with van der Waals surface area (Å²) < 4.78 is 5.51. The van der Waals surface area contributed by atoms with E-state index < -0.39 is 11.9 Å². The average molecular weight is 348 g/mol. The highest BCUT2D eigenvalue weighted by molar-refractivity contribution is 5.72. The van der Waals surface area contributed by atoms with E-state index in [0.29, 0.717) is 12.0 Å². The van der Waals surface area contributed by atoms with Crippen molar-refractivity contribution in [3.8, 4) is 0 Å². The largest absolute Gasteiger partial charge is 0.481 e. The van der Waals surface area contributed by atoms with Gasteiger partial charge in [-0.1, -0.05) is 33.8 Å². The highest BCUT2D eigenvalue weighted by Crippen LogP contribution is 2.33. The van der Waals surface area contributed by atoms with Crippen molar-refractivity contribution in [2.75, 3.05) is 30.4 Å². The molecule has 0 bridgehead atoms. The van der Waals surface area contributed by atoms with Crippen molar-refractivity contribution in [3.05, 3.63) is 23.8 Å². The number of rotatable bonds is 7. The molecule has 25 heavy (non-hydrogen) atoms. The second-order valence-electron chi connectivity index (χ2n) is 7.62. The second-order valence-corrected chi connectivity index (χ2v) is 7.62. The van der Waals surface area contributed by atoms with Gasteiger partial charge >= 0.3 is 5.97 Å². The van der Waals surface area contributed by atoms with Crippen LogP contribution in [0, 0.1) is 11.8 Å². The van der Waals surface area contributed by atoms with Gasteiger partial charge < -0.3 is 20.5 Å². The van der Waals surface area contributed by atoms with Crippen molar-refractivity contribution in [1.29, 1.82) is 0 Å². The van der Waals surface area contributed by atoms with Crippen LogP contribution >= 0.6 is 0 Å². The van der Waals surface area contributed by atoms with E-state index in [0.717, 1.165) is 49.5 Å². The third-order valence-corrected chi connectivity index (χ3v) is 5.22. The third kappa shape index (κ3) is 4.88. The van der Waals surface area contributed by atoms with E-state index in [-0.39, 0.29) is 5.92 Å². The zero-order valence-electron chi connectivity index (χ0n) is 15.9. The van der Waals surface area contributed by atoms with Gasteiger partial charge in [0.1, 0.15) is 0 Å². The van der Waals surface area contributed by atoms with Crippen LogP contribution in [0.25, 0.3) is 0 Å². The molecule has 1 aliphatic rings. The average Bonchev–Trinajstić information content (AvgIpc) is 2.59. The van der Waals surface area contributed by atoms with Crippen molar-refractivity contribution in [2.45, 2.75) is 52.5 Å². The molecular formula is C20H32N2O3. The maximum atomic E-state index is 11.3. The van der Waals surface area contributed by atoms with Gasteiger partial charge in [0, 0.05) is 25.8 Å². The van der Waals surface area contributed by atoms with Crippen molar-refractivity contribution in [3.63, 3.8) is 0 Å². The minimum Gasteiger partial charge on any atom is -0.481 e. The maximum absolute atomic E-state index is 11.3. The third-order valence-electron chi connectivity index (χ3n) is 5.22. The van der Waals surface area contributed by atoms with Crippen LogP contribution in [0.3, 0.4) is 0 Å². The number of hydrogen-bond donors (Lipinski definition) is 2. The lowest BCUT2D eigenvalue weighted by molar-refractivity contribution is -0.141. The molecule has 1 aliphatic heterocycles. The first-order chi connectivity index (χ1) is 11.8. The summed E-state index contributed by atoms with van der Waals surface area (Å²) in [6.07, 6.45) is 2.03. The second kappa shape index (κ2) is 8.56. The Kier molecular flexibility index (Phi) is 6.71. The molecule has 5 heteroatoms. The van der Waals surface area contributed by atoms with Gasteiger partial charge in [-0.25, -0.2) is 0 Å². The summed E-state index contributed by atoms with van der Waals surface area (Å²) in [5.41, 5.74) is 9.16. The highest BCUT2D eigenvalue weighted by Gasteiger charge is 2.26. The van der Waals surface area contributed by atoms with Crippen LogP contribution in [0.1, 0.15) is 52.0 Å². The van der Waals surface area contributed by atoms with E-state index in [1.54, 1.807) is 6.92 Å². The molecule has 1 aromatic carbocycles. The highest BCUT2D eigenvalue weighted by atomic mass is 16.5. The summed E-state index contributed by atoms with van der Waals surface area (Å²) in [7, 11) is 0. The monoisotopic (exact) mass is 348 g/mol. The van der Waals surface area contributed by atoms with E-state index in [4.69, 9.17) is 10.5 Å². The van der Waals surface area contributed by atoms with E-state index in [1.165, 1.54) is 0 Å². The van der Waals surface area contributed by atoms with Gasteiger partial charge in [-0.05, 0) is 42.4 Å². The van der Waals surface area contributed by atoms with Gasteiger partial charge in [0.25, 0.3) is 0 Å². The molecule has 0 radical (unpaired) electrons. The number of carboxylic acids is 1. The Hall–Kier alpha value is -1.75. The predicted octanol–water partition coefficient (Wildman–Crippen LogP) is 3.73. The fraction of sp³-hybridized carbons (Fsp3) is 0.650. The molecule has 0 aromatic heterocycles. The molecule has 5 nitrogen and oxygen atoms in total. The molecule has 2 rings (SSSR count). The van der Waals surface area contributed by atoms with Crippen LogP contribution < -0.4 is 10.6 Å². The van der Waals surface area contributed by atoms with Crippen molar-refractivity contribution >= 4 is 17.3 Å². The maximum Gasteiger partial charge on any atom is 0.306 e. The number of anilines is 2. The fourth-order valence-electron chi connectivity index (χ4n) is 3.45. The van der Waals surface area contributed by atoms with Crippen LogP contribution in [-0.2, 0) is 9.53 Å². The number of nitrogens with zero attached hydrogens (tertiary/aromatic N) is 1. The van der Waals surface area contributed by atoms with Gasteiger partial charge in [0.15, 0.2) is 0 Å². The first kappa shape index (κ1) is 19.6. The van der Waals surface area contributed by atoms with Crippen molar-refractivity contribution in [2.24, 2.45) is 11.8 Å². The summed E-state index contributed by atoms with van der Waals surface area (Å²) in [5, 5.41) is 9.24. The number of nitrogens with two attached hydrogens (primary N) is 1. The molecule has 1 heterocycles. The van der Waals surface area contributed by atoms with Crippen LogP contribution in [0.2, 0.25) is 0 Å². The number of hydrogen-bond acceptors (Lipinski definition) is 4. The summed E-state index contributed by atoms with van der Waals surface area (Å²) in [4.78, 5) is 13.7. The number of ether oxygens (including phenoxy) is 1. The van der Waals surface area contributed by atoms with Gasteiger partial charge in [-0.3, -0.25) is 4.79 Å². The Morgan fingerprint density at radius 2 is 1.92 bits per heavy atom. The number of aliphatic carboxylic acids is 1. The SMILES string of the molecule is CC(C)CN(c1ccc(C(C)C(C)C(=O)O)cc1N)C1CCOCC1. The zero-order valence-corrected chi connectivity index (χ0v) is 15.9. The van der Waals surface area contributed by atoms with Crippen molar-refractivity contribution < 1.29 is 14.6 Å². The molecular weight excluding hydrogens is 316 g/mol. The lowest BCUT2D eigenvalue weighted by atomic mass is 9.88. The molecule has 1 saturated heterocycles. The van der Waals surface area contributed by atoms with E-state index >= 15 is 0 Å². The molecule has 0 spiro atoms. The first-order valence-electron chi connectivity index (χ1n) is 9.27. The molecule has 1 fully saturated rings. The number of benzene rings is 1. The first-order valence-corrected chi connectivity index (χ1v) is 9.27. The normalized spacial score (nSPS) is 18.1. The molecule has 2 unspecified atom stereocenters. The zero-order chi connectivity index (χ0) is 18.6. The Labute approximate surface area is 151 Å². The van der Waals surface area contributed by atoms with E-state index in [9.17, 15) is 9.90 Å². The molecule has 3 N–H and O–H groups in total. The van der Waals surface area contributed by atoms with Crippen LogP contribution in [-0.4, -0.2) is 36.9 Å². The van der Waals surface area contributed by atoms with Gasteiger partial charge in [-0.15, -0.1) is 0 Å². The number of carboxylic acid groups (broad SMARTS) is 1. The number of carbonyl (C=O) groups is 1. The summed E-state index contributed by atoms with van der Waals surface area (Å²) >= 11 is 0. The lowest BCUT2D eigenvalue weighted by Crippen LogP contribution is -2.42. The van der Waals surface area contributed by atoms with Gasteiger partial charge in [0.05, 0.1) is 17.3 Å². The smallest absolute Gasteiger partial charge is 0.306 e. The molecule has 0 saturated carbocycles. The van der Waals surface area contributed by atoms with E-state index in [1.807, 2.05) is 19.1 Å². The summed E-state index contributed by atoms with van der Waals surface area (Å²) in [5.74, 6) is -0.755. The molecule has 2 atom stereocenters. The minimum atomic E-state index is -0.779. The Morgan fingerprint density at radius 3 is 2.44 bits per heavy atom. The van der Waals surface area contributed by atoms with Gasteiger partial charge in [-0.2, -0.15) is 0 Å². The minimum absolute atomic E-state index is 0.0736. The topological polar surface area (TPSA) is 75.8 Å². The van der Waals surface area contributed by atoms with Crippen LogP contribution in [0.5, 0.6) is 0 Å². The number of nitrogen functional groups attached to an aromatic ring is 1. The summed E-state index contributed by atoms with van der Waals surface area (Å²) in [6.45, 7) is 10.7. The molecule has 0 aliphatic carbocycles. The fourth-order valence-corrected chi connectivity index (χ4v) is 3.45. The van der Waals surface area contributed by atoms with E-state index in [2.05, 4.69) is 24.8 Å². The Bertz CT molecular complexity index is 582. The Balaban J connectivity index is 2.27. The predicted molar refractivity (Wildman–Crippen MR) is 102 cm³/mol. The molecule has 0 amide bonds. The molecule has 1 aromatic rings. The van der Waals surface area contributed by atoms with Gasteiger partial charge in [0.2, 0.25) is 0 Å². The Morgan fingerprint density at radius 1 is 1.28 bits per heavy atom. The molecule has 140 valence electrons. The quantitative estimate of drug-likeness (QED) is 0.734. The summed E-state index contributed by atoms with van der Waals surface area (Å²) in [6, 6.07) is 6.49. The standard InChI is InChI=1S/C20H32N2O3/c1-13(2)12-22(17-7-9-25-10-8-17)19-6-5-16(11-18(19)21)14(3)15(4)20(23)24/h5-6,11,13-15,17H,7-10,12,21H2,1-4H3,(H,23,24). The van der Waals surface area contributed by atoms with Crippen LogP contribution in [0.4, 0.5) is 11.4 Å². The lowest BCUT2D eigenvalue weighted by Gasteiger charge is -2.38. The van der Waals surface area contributed by atoms with Crippen LogP contribution in [0.15, 0.2) is 18.2 Å². The van der Waals surface area contributed by atoms with Crippen molar-refractivity contribution in [1.82, 2.24) is 0 Å².